The molecular weight excluding hydrogens is 985 g/mol. The highest BCUT2D eigenvalue weighted by atomic mass is 35.5. The second-order valence-electron chi connectivity index (χ2n) is 16.3. The van der Waals surface area contributed by atoms with Gasteiger partial charge in [-0.2, -0.15) is 26.3 Å². The number of aromatic nitrogens is 4. The molecule has 2 aromatic carbocycles. The zero-order valence-corrected chi connectivity index (χ0v) is 39.3. The monoisotopic (exact) mass is 1030 g/mol. The maximum Gasteiger partial charge on any atom is 0.422 e. The summed E-state index contributed by atoms with van der Waals surface area (Å²) in [7, 11) is 0. The van der Waals surface area contributed by atoms with Crippen LogP contribution in [0.2, 0.25) is 10.0 Å². The van der Waals surface area contributed by atoms with E-state index < -0.39 is 60.0 Å². The van der Waals surface area contributed by atoms with Crippen LogP contribution in [0.4, 0.5) is 37.7 Å². The number of carbonyl (C=O) groups excluding carboxylic acids is 2. The van der Waals surface area contributed by atoms with Crippen molar-refractivity contribution in [3.05, 3.63) is 124 Å². The van der Waals surface area contributed by atoms with Crippen LogP contribution in [0.3, 0.4) is 0 Å². The number of carbonyl (C=O) groups is 2. The Morgan fingerprint density at radius 2 is 0.929 bits per heavy atom. The van der Waals surface area contributed by atoms with Gasteiger partial charge in [-0.3, -0.25) is 28.5 Å². The van der Waals surface area contributed by atoms with E-state index in [2.05, 4.69) is 9.80 Å². The lowest BCUT2D eigenvalue weighted by Crippen LogP contribution is -2.47. The Bertz CT molecular complexity index is 2610. The van der Waals surface area contributed by atoms with Gasteiger partial charge in [-0.05, 0) is 64.0 Å². The van der Waals surface area contributed by atoms with Gasteiger partial charge in [0.25, 0.3) is 11.1 Å². The molecule has 2 aromatic heterocycles. The Balaban J connectivity index is 0.974. The molecule has 0 saturated carbocycles. The molecule has 70 heavy (non-hydrogen) atoms. The van der Waals surface area contributed by atoms with Gasteiger partial charge in [-0.15, -0.1) is 9.46 Å². The summed E-state index contributed by atoms with van der Waals surface area (Å²) >= 11 is 12.0. The van der Waals surface area contributed by atoms with Crippen molar-refractivity contribution in [2.75, 3.05) is 88.5 Å². The summed E-state index contributed by atoms with van der Waals surface area (Å²) < 4.78 is 90.0. The van der Waals surface area contributed by atoms with Crippen LogP contribution in [0, 0.1) is 13.8 Å². The van der Waals surface area contributed by atoms with E-state index in [0.29, 0.717) is 111 Å². The molecule has 380 valence electrons. The number of ether oxygens (including phenoxy) is 2. The molecule has 26 heteroatoms. The fourth-order valence-corrected chi connectivity index (χ4v) is 8.03. The maximum absolute atomic E-state index is 13.3. The van der Waals surface area contributed by atoms with Gasteiger partial charge in [0.15, 0.2) is 13.2 Å². The van der Waals surface area contributed by atoms with Crippen LogP contribution >= 0.6 is 23.2 Å². The van der Waals surface area contributed by atoms with Crippen LogP contribution in [0.15, 0.2) is 80.1 Å². The van der Waals surface area contributed by atoms with Gasteiger partial charge in [-0.1, -0.05) is 23.2 Å². The zero-order chi connectivity index (χ0) is 50.9. The van der Waals surface area contributed by atoms with Crippen molar-refractivity contribution in [1.82, 2.24) is 28.4 Å². The summed E-state index contributed by atoms with van der Waals surface area (Å²) in [4.78, 5) is 95.9. The van der Waals surface area contributed by atoms with E-state index in [-0.39, 0.29) is 45.8 Å². The molecule has 6 rings (SSSR count). The molecule has 0 N–H and O–H groups in total. The molecule has 0 aliphatic carbocycles. The molecule has 0 bridgehead atoms. The van der Waals surface area contributed by atoms with Gasteiger partial charge in [0.2, 0.25) is 0 Å². The smallest absolute Gasteiger partial charge is 0.422 e. The summed E-state index contributed by atoms with van der Waals surface area (Å²) in [5.41, 5.74) is -2.15. The van der Waals surface area contributed by atoms with E-state index in [1.165, 1.54) is 26.0 Å². The molecule has 2 saturated heterocycles. The first-order valence-corrected chi connectivity index (χ1v) is 22.5. The third-order valence-electron chi connectivity index (χ3n) is 11.1. The number of alkyl halides is 6. The second-order valence-corrected chi connectivity index (χ2v) is 17.2. The highest BCUT2D eigenvalue weighted by Gasteiger charge is 2.31. The summed E-state index contributed by atoms with van der Waals surface area (Å²) in [6, 6.07) is 8.96. The molecule has 0 atom stereocenters. The van der Waals surface area contributed by atoms with Crippen molar-refractivity contribution < 1.29 is 55.1 Å². The molecule has 2 aliphatic rings. The summed E-state index contributed by atoms with van der Waals surface area (Å²) in [5, 5.41) is 0.446. The highest BCUT2D eigenvalue weighted by molar-refractivity contribution is 6.31. The Kier molecular flexibility index (Phi) is 17.5. The van der Waals surface area contributed by atoms with Crippen LogP contribution in [0.1, 0.15) is 24.0 Å². The summed E-state index contributed by atoms with van der Waals surface area (Å²) in [6.45, 7) is 4.46. The standard InChI is InChI=1S/C44H48Cl2F6N8O10/c1-29-25-59(41(65)57(39(29)63)13-3-11-53-15-19-55(20-16-53)33-7-5-31(45)23-35(33)67-27-43(47,48)49)69-37(61)9-10-38(62)70-60-26-30(2)40(64)58(42(60)66)14-4-12-54-17-21-56(22-18-54)34-8-6-32(46)24-36(34)68-28-44(50,51)52/h5-10,23-26H,3-4,11-22,27-28H2,1-2H3/b10-9+. The Morgan fingerprint density at radius 3 is 1.27 bits per heavy atom. The van der Waals surface area contributed by atoms with E-state index in [1.54, 1.807) is 24.3 Å². The minimum absolute atomic E-state index is 0.00618. The number of halogens is 8. The molecule has 18 nitrogen and oxygen atoms in total. The summed E-state index contributed by atoms with van der Waals surface area (Å²) in [6.07, 6.45) is -5.13. The van der Waals surface area contributed by atoms with Crippen LogP contribution in [0.25, 0.3) is 0 Å². The number of benzene rings is 2. The van der Waals surface area contributed by atoms with E-state index in [1.807, 2.05) is 9.80 Å². The molecule has 0 amide bonds. The number of anilines is 2. The highest BCUT2D eigenvalue weighted by Crippen LogP contribution is 2.35. The first-order chi connectivity index (χ1) is 33.0. The number of aryl methyl sites for hydroxylation is 2. The van der Waals surface area contributed by atoms with Crippen LogP contribution in [-0.4, -0.2) is 131 Å². The molecule has 0 radical (unpaired) electrons. The molecular formula is C44H48Cl2F6N8O10. The SMILES string of the molecule is Cc1cn(OC(=O)/C=C/C(=O)On2cc(C)c(=O)n(CCCN3CCN(c4ccc(Cl)cc4OCC(F)(F)F)CC3)c2=O)c(=O)n(CCCN2CCN(c3ccc(Cl)cc3OCC(F)(F)F)CC2)c1=O. The van der Waals surface area contributed by atoms with Gasteiger partial charge < -0.3 is 28.9 Å². The van der Waals surface area contributed by atoms with Gasteiger partial charge in [0.1, 0.15) is 11.5 Å². The topological polar surface area (TPSA) is 172 Å². The van der Waals surface area contributed by atoms with Crippen LogP contribution in [0.5, 0.6) is 11.5 Å². The molecule has 4 heterocycles. The Hall–Kier alpha value is -6.24. The average Bonchev–Trinajstić information content (AvgIpc) is 3.30. The third-order valence-corrected chi connectivity index (χ3v) is 11.6. The number of nitrogens with zero attached hydrogens (tertiary/aromatic N) is 8. The largest absolute Gasteiger partial charge is 0.482 e. The van der Waals surface area contributed by atoms with Crippen molar-refractivity contribution in [1.29, 1.82) is 0 Å². The minimum Gasteiger partial charge on any atom is -0.482 e. The first-order valence-electron chi connectivity index (χ1n) is 21.8. The number of hydrogen-bond donors (Lipinski definition) is 0. The van der Waals surface area contributed by atoms with Gasteiger partial charge in [0.05, 0.1) is 23.8 Å². The lowest BCUT2D eigenvalue weighted by molar-refractivity contribution is -0.154. The number of hydrogen-bond acceptors (Lipinski definition) is 14. The first kappa shape index (κ1) is 53.1. The van der Waals surface area contributed by atoms with Crippen molar-refractivity contribution in [2.45, 2.75) is 52.1 Å². The quantitative estimate of drug-likeness (QED) is 0.104. The van der Waals surface area contributed by atoms with Crippen LogP contribution in [-0.2, 0) is 22.7 Å². The van der Waals surface area contributed by atoms with Gasteiger partial charge in [-0.25, -0.2) is 19.2 Å². The predicted octanol–water partition coefficient (Wildman–Crippen LogP) is 3.73. The zero-order valence-electron chi connectivity index (χ0n) is 37.8. The van der Waals surface area contributed by atoms with E-state index >= 15 is 0 Å². The lowest BCUT2D eigenvalue weighted by atomic mass is 10.2. The van der Waals surface area contributed by atoms with E-state index in [0.717, 1.165) is 21.5 Å². The minimum atomic E-state index is -4.53. The maximum atomic E-state index is 13.3. The molecule has 0 spiro atoms. The second kappa shape index (κ2) is 23.1. The van der Waals surface area contributed by atoms with Crippen LogP contribution < -0.4 is 51.4 Å². The predicted molar refractivity (Wildman–Crippen MR) is 244 cm³/mol. The number of piperazine rings is 2. The van der Waals surface area contributed by atoms with E-state index in [4.69, 9.17) is 42.4 Å². The molecule has 4 aromatic rings. The van der Waals surface area contributed by atoms with Gasteiger partial charge in [0, 0.05) is 111 Å². The van der Waals surface area contributed by atoms with Crippen molar-refractivity contribution in [2.24, 2.45) is 0 Å². The summed E-state index contributed by atoms with van der Waals surface area (Å²) in [5.74, 6) is -2.42. The van der Waals surface area contributed by atoms with Gasteiger partial charge >= 0.3 is 35.7 Å². The third kappa shape index (κ3) is 14.6. The average molecular weight is 1030 g/mol. The molecule has 2 fully saturated rings. The fourth-order valence-electron chi connectivity index (χ4n) is 7.70. The normalized spacial score (nSPS) is 15.1. The molecule has 0 unspecified atom stereocenters. The van der Waals surface area contributed by atoms with Crippen molar-refractivity contribution >= 4 is 46.5 Å². The number of rotatable bonds is 18. The Labute approximate surface area is 404 Å². The molecule has 2 aliphatic heterocycles. The van der Waals surface area contributed by atoms with Crippen molar-refractivity contribution in [3.63, 3.8) is 0 Å². The van der Waals surface area contributed by atoms with E-state index in [9.17, 15) is 55.1 Å². The van der Waals surface area contributed by atoms with Crippen molar-refractivity contribution in [3.8, 4) is 11.5 Å². The lowest BCUT2D eigenvalue weighted by Gasteiger charge is -2.36. The fraction of sp³-hybridized carbons (Fsp3) is 0.455. The Morgan fingerprint density at radius 1 is 0.571 bits per heavy atom.